The molecule has 1 aliphatic rings. The fraction of sp³-hybridized carbons (Fsp3) is 0.562. The molecule has 7 heteroatoms. The van der Waals surface area contributed by atoms with Crippen molar-refractivity contribution in [1.82, 2.24) is 19.7 Å². The van der Waals surface area contributed by atoms with Gasteiger partial charge in [-0.3, -0.25) is 9.48 Å². The maximum absolute atomic E-state index is 11.9. The molecule has 1 aliphatic heterocycles. The second kappa shape index (κ2) is 8.21. The predicted molar refractivity (Wildman–Crippen MR) is 91.4 cm³/mol. The van der Waals surface area contributed by atoms with Crippen molar-refractivity contribution in [2.75, 3.05) is 25.0 Å². The Kier molecular flexibility index (Phi) is 5.76. The number of thiazole rings is 1. The lowest BCUT2D eigenvalue weighted by molar-refractivity contribution is -0.116. The second-order valence-electron chi connectivity index (χ2n) is 5.98. The third-order valence-electron chi connectivity index (χ3n) is 4.37. The lowest BCUT2D eigenvalue weighted by atomic mass is 9.93. The fourth-order valence-electron chi connectivity index (χ4n) is 2.97. The molecular weight excluding hydrogens is 310 g/mol. The molecule has 124 valence electrons. The first kappa shape index (κ1) is 16.1. The summed E-state index contributed by atoms with van der Waals surface area (Å²) in [5, 5.41) is 9.64. The smallest absolute Gasteiger partial charge is 0.227 e. The Morgan fingerprint density at radius 1 is 1.30 bits per heavy atom. The molecule has 0 aromatic carbocycles. The quantitative estimate of drug-likeness (QED) is 0.845. The molecule has 1 N–H and O–H groups in total. The third kappa shape index (κ3) is 5.14. The zero-order chi connectivity index (χ0) is 15.9. The summed E-state index contributed by atoms with van der Waals surface area (Å²) in [5.74, 6) is 0.834. The van der Waals surface area contributed by atoms with Crippen LogP contribution in [-0.4, -0.2) is 45.2 Å². The van der Waals surface area contributed by atoms with Crippen molar-refractivity contribution in [2.24, 2.45) is 5.92 Å². The number of hydrogen-bond acceptors (Lipinski definition) is 5. The molecule has 3 rings (SSSR count). The Labute approximate surface area is 140 Å². The number of carbonyl (C=O) groups excluding carboxylic acids is 1. The van der Waals surface area contributed by atoms with Crippen LogP contribution in [0.15, 0.2) is 30.0 Å². The standard InChI is InChI=1S/C16H23N5OS/c22-15(19-16-17-7-13-23-16)5-11-20-9-2-14(3-10-20)4-12-21-8-1-6-18-21/h1,6-8,13-14H,2-5,9-12H2,(H,17,19,22). The van der Waals surface area contributed by atoms with Crippen LogP contribution in [0.5, 0.6) is 0 Å². The van der Waals surface area contributed by atoms with Gasteiger partial charge >= 0.3 is 0 Å². The monoisotopic (exact) mass is 333 g/mol. The van der Waals surface area contributed by atoms with Crippen LogP contribution in [-0.2, 0) is 11.3 Å². The first-order valence-electron chi connectivity index (χ1n) is 8.19. The van der Waals surface area contributed by atoms with Gasteiger partial charge in [0.05, 0.1) is 0 Å². The van der Waals surface area contributed by atoms with Crippen LogP contribution in [0.3, 0.4) is 0 Å². The van der Waals surface area contributed by atoms with Crippen LogP contribution in [0.4, 0.5) is 5.13 Å². The molecule has 6 nitrogen and oxygen atoms in total. The molecule has 0 aliphatic carbocycles. The number of anilines is 1. The highest BCUT2D eigenvalue weighted by Crippen LogP contribution is 2.21. The first-order chi connectivity index (χ1) is 11.3. The van der Waals surface area contributed by atoms with Gasteiger partial charge in [0, 0.05) is 43.5 Å². The molecule has 0 bridgehead atoms. The molecular formula is C16H23N5OS. The molecule has 0 spiro atoms. The number of carbonyl (C=O) groups is 1. The van der Waals surface area contributed by atoms with Crippen molar-refractivity contribution < 1.29 is 4.79 Å². The highest BCUT2D eigenvalue weighted by molar-refractivity contribution is 7.13. The minimum absolute atomic E-state index is 0.0563. The average Bonchev–Trinajstić information content (AvgIpc) is 3.25. The minimum Gasteiger partial charge on any atom is -0.303 e. The molecule has 1 saturated heterocycles. The second-order valence-corrected chi connectivity index (χ2v) is 6.87. The van der Waals surface area contributed by atoms with Gasteiger partial charge in [0.2, 0.25) is 5.91 Å². The van der Waals surface area contributed by atoms with Gasteiger partial charge in [-0.1, -0.05) is 0 Å². The van der Waals surface area contributed by atoms with Gasteiger partial charge in [-0.2, -0.15) is 5.10 Å². The van der Waals surface area contributed by atoms with Crippen molar-refractivity contribution in [3.8, 4) is 0 Å². The molecule has 0 unspecified atom stereocenters. The number of amides is 1. The van der Waals surface area contributed by atoms with Crippen LogP contribution < -0.4 is 5.32 Å². The predicted octanol–water partition coefficient (Wildman–Crippen LogP) is 2.47. The highest BCUT2D eigenvalue weighted by Gasteiger charge is 2.19. The number of likely N-dealkylation sites (tertiary alicyclic amines) is 1. The van der Waals surface area contributed by atoms with E-state index < -0.39 is 0 Å². The minimum atomic E-state index is 0.0563. The topological polar surface area (TPSA) is 63.1 Å². The lowest BCUT2D eigenvalue weighted by Gasteiger charge is -2.31. The summed E-state index contributed by atoms with van der Waals surface area (Å²) in [6.45, 7) is 4.03. The van der Waals surface area contributed by atoms with E-state index in [1.165, 1.54) is 30.6 Å². The number of piperidine rings is 1. The Bertz CT molecular complexity index is 576. The van der Waals surface area contributed by atoms with Gasteiger partial charge in [-0.15, -0.1) is 11.3 Å². The summed E-state index contributed by atoms with van der Waals surface area (Å²) < 4.78 is 2.01. The molecule has 0 saturated carbocycles. The van der Waals surface area contributed by atoms with Gasteiger partial charge in [0.1, 0.15) is 0 Å². The zero-order valence-electron chi connectivity index (χ0n) is 13.2. The largest absolute Gasteiger partial charge is 0.303 e. The van der Waals surface area contributed by atoms with Crippen LogP contribution >= 0.6 is 11.3 Å². The van der Waals surface area contributed by atoms with Gasteiger partial charge in [-0.25, -0.2) is 4.98 Å². The van der Waals surface area contributed by atoms with Crippen molar-refractivity contribution >= 4 is 22.4 Å². The SMILES string of the molecule is O=C(CCN1CCC(CCn2cccn2)CC1)Nc1nccs1. The maximum atomic E-state index is 11.9. The van der Waals surface area contributed by atoms with Crippen molar-refractivity contribution in [3.05, 3.63) is 30.0 Å². The van der Waals surface area contributed by atoms with E-state index in [-0.39, 0.29) is 5.91 Å². The molecule has 1 fully saturated rings. The molecule has 2 aromatic heterocycles. The summed E-state index contributed by atoms with van der Waals surface area (Å²) in [6.07, 6.45) is 9.73. The van der Waals surface area contributed by atoms with Crippen molar-refractivity contribution in [2.45, 2.75) is 32.2 Å². The van der Waals surface area contributed by atoms with Crippen LogP contribution in [0.25, 0.3) is 0 Å². The number of rotatable bonds is 7. The Balaban J connectivity index is 1.30. The van der Waals surface area contributed by atoms with E-state index in [9.17, 15) is 4.79 Å². The summed E-state index contributed by atoms with van der Waals surface area (Å²) in [6, 6.07) is 1.97. The molecule has 0 radical (unpaired) electrons. The highest BCUT2D eigenvalue weighted by atomic mass is 32.1. The van der Waals surface area contributed by atoms with E-state index in [1.54, 1.807) is 6.20 Å². The van der Waals surface area contributed by atoms with E-state index in [4.69, 9.17) is 0 Å². The molecule has 0 atom stereocenters. The zero-order valence-corrected chi connectivity index (χ0v) is 14.0. The lowest BCUT2D eigenvalue weighted by Crippen LogP contribution is -2.36. The number of nitrogens with one attached hydrogen (secondary N) is 1. The summed E-state index contributed by atoms with van der Waals surface area (Å²) in [5.41, 5.74) is 0. The van der Waals surface area contributed by atoms with Crippen molar-refractivity contribution in [1.29, 1.82) is 0 Å². The molecule has 2 aromatic rings. The van der Waals surface area contributed by atoms with Gasteiger partial charge < -0.3 is 10.2 Å². The van der Waals surface area contributed by atoms with E-state index in [0.717, 1.165) is 32.1 Å². The van der Waals surface area contributed by atoms with Crippen LogP contribution in [0.1, 0.15) is 25.7 Å². The first-order valence-corrected chi connectivity index (χ1v) is 9.07. The van der Waals surface area contributed by atoms with Gasteiger partial charge in [0.25, 0.3) is 0 Å². The number of nitrogens with zero attached hydrogens (tertiary/aromatic N) is 4. The van der Waals surface area contributed by atoms with E-state index >= 15 is 0 Å². The van der Waals surface area contributed by atoms with Crippen molar-refractivity contribution in [3.63, 3.8) is 0 Å². The van der Waals surface area contributed by atoms with Crippen LogP contribution in [0.2, 0.25) is 0 Å². The van der Waals surface area contributed by atoms with E-state index in [2.05, 4.69) is 20.3 Å². The third-order valence-corrected chi connectivity index (χ3v) is 5.06. The van der Waals surface area contributed by atoms with Gasteiger partial charge in [-0.05, 0) is 44.3 Å². The summed E-state index contributed by atoms with van der Waals surface area (Å²) in [7, 11) is 0. The van der Waals surface area contributed by atoms with E-state index in [0.29, 0.717) is 11.6 Å². The Morgan fingerprint density at radius 3 is 2.87 bits per heavy atom. The normalized spacial score (nSPS) is 16.5. The molecule has 3 heterocycles. The summed E-state index contributed by atoms with van der Waals surface area (Å²) >= 11 is 1.45. The summed E-state index contributed by atoms with van der Waals surface area (Å²) in [4.78, 5) is 18.3. The molecule has 23 heavy (non-hydrogen) atoms. The number of hydrogen-bond donors (Lipinski definition) is 1. The number of aryl methyl sites for hydroxylation is 1. The van der Waals surface area contributed by atoms with E-state index in [1.807, 2.05) is 28.5 Å². The Hall–Kier alpha value is -1.73. The van der Waals surface area contributed by atoms with Gasteiger partial charge in [0.15, 0.2) is 5.13 Å². The molecule has 1 amide bonds. The number of aromatic nitrogens is 3. The maximum Gasteiger partial charge on any atom is 0.227 e. The van der Waals surface area contributed by atoms with Crippen LogP contribution in [0, 0.1) is 5.92 Å². The average molecular weight is 333 g/mol. The fourth-order valence-corrected chi connectivity index (χ4v) is 3.52. The Morgan fingerprint density at radius 2 is 2.17 bits per heavy atom.